The molecule has 0 aromatic heterocycles. The molecule has 1 fully saturated rings. The highest BCUT2D eigenvalue weighted by Crippen LogP contribution is 2.39. The minimum atomic E-state index is -0.283. The van der Waals surface area contributed by atoms with Crippen LogP contribution >= 0.6 is 11.6 Å². The molecule has 142 valence electrons. The minimum absolute atomic E-state index is 0.0761. The Morgan fingerprint density at radius 2 is 1.89 bits per heavy atom. The van der Waals surface area contributed by atoms with E-state index in [2.05, 4.69) is 10.6 Å². The molecular formula is C21H23ClN2O3. The zero-order valence-electron chi connectivity index (χ0n) is 15.4. The van der Waals surface area contributed by atoms with Gasteiger partial charge in [0.1, 0.15) is 5.75 Å². The van der Waals surface area contributed by atoms with Crippen LogP contribution in [0.1, 0.15) is 17.5 Å². The second kappa shape index (κ2) is 8.44. The number of carbonyl (C=O) groups is 2. The summed E-state index contributed by atoms with van der Waals surface area (Å²) in [6.07, 6.45) is 1.26. The second-order valence-corrected chi connectivity index (χ2v) is 7.19. The Bertz CT molecular complexity index is 853. The van der Waals surface area contributed by atoms with Gasteiger partial charge in [-0.3, -0.25) is 9.59 Å². The highest BCUT2D eigenvalue weighted by atomic mass is 35.5. The van der Waals surface area contributed by atoms with Crippen molar-refractivity contribution in [3.63, 3.8) is 0 Å². The second-order valence-electron chi connectivity index (χ2n) is 6.75. The Balaban J connectivity index is 1.47. The van der Waals surface area contributed by atoms with Crippen LogP contribution in [0.4, 0.5) is 5.69 Å². The van der Waals surface area contributed by atoms with Gasteiger partial charge >= 0.3 is 0 Å². The predicted molar refractivity (Wildman–Crippen MR) is 106 cm³/mol. The predicted octanol–water partition coefficient (Wildman–Crippen LogP) is 3.59. The quantitative estimate of drug-likeness (QED) is 0.764. The molecule has 0 spiro atoms. The molecule has 1 aliphatic rings. The summed E-state index contributed by atoms with van der Waals surface area (Å²) in [6, 6.07) is 13.1. The molecule has 5 nitrogen and oxygen atoms in total. The van der Waals surface area contributed by atoms with E-state index in [-0.39, 0.29) is 23.7 Å². The van der Waals surface area contributed by atoms with E-state index in [4.69, 9.17) is 16.3 Å². The fourth-order valence-corrected chi connectivity index (χ4v) is 3.26. The summed E-state index contributed by atoms with van der Waals surface area (Å²) in [4.78, 5) is 24.7. The van der Waals surface area contributed by atoms with Crippen LogP contribution in [-0.2, 0) is 16.0 Å². The summed E-state index contributed by atoms with van der Waals surface area (Å²) in [5.74, 6) is 0.0576. The summed E-state index contributed by atoms with van der Waals surface area (Å²) in [6.45, 7) is 2.42. The van der Waals surface area contributed by atoms with Gasteiger partial charge in [-0.2, -0.15) is 0 Å². The van der Waals surface area contributed by atoms with E-state index in [0.29, 0.717) is 30.1 Å². The molecule has 0 aliphatic heterocycles. The van der Waals surface area contributed by atoms with Gasteiger partial charge in [-0.15, -0.1) is 0 Å². The Labute approximate surface area is 164 Å². The molecule has 2 amide bonds. The van der Waals surface area contributed by atoms with Crippen molar-refractivity contribution < 1.29 is 14.3 Å². The molecule has 2 aromatic carbocycles. The maximum atomic E-state index is 12.4. The summed E-state index contributed by atoms with van der Waals surface area (Å²) in [5, 5.41) is 6.36. The molecule has 6 heteroatoms. The number of hydrogen-bond acceptors (Lipinski definition) is 3. The van der Waals surface area contributed by atoms with Gasteiger partial charge in [-0.25, -0.2) is 0 Å². The number of carbonyl (C=O) groups excluding carboxylic acids is 2. The van der Waals surface area contributed by atoms with E-state index in [9.17, 15) is 9.59 Å². The van der Waals surface area contributed by atoms with Crippen LogP contribution in [0, 0.1) is 18.8 Å². The topological polar surface area (TPSA) is 67.4 Å². The summed E-state index contributed by atoms with van der Waals surface area (Å²) < 4.78 is 5.31. The van der Waals surface area contributed by atoms with Crippen LogP contribution in [0.5, 0.6) is 5.75 Å². The van der Waals surface area contributed by atoms with Crippen LogP contribution in [0.2, 0.25) is 5.02 Å². The van der Waals surface area contributed by atoms with Gasteiger partial charge in [0, 0.05) is 17.3 Å². The van der Waals surface area contributed by atoms with Gasteiger partial charge < -0.3 is 15.4 Å². The third-order valence-corrected chi connectivity index (χ3v) is 5.04. The molecule has 3 rings (SSSR count). The van der Waals surface area contributed by atoms with E-state index < -0.39 is 0 Å². The standard InChI is InChI=1S/C21H23ClN2O3/c1-13-7-8-15(22)11-18(13)24-21(26)17-12-16(17)20(25)23-10-9-14-5-3-4-6-19(14)27-2/h3-8,11,16-17H,9-10,12H2,1-2H3,(H,23,25)(H,24,26). The molecule has 27 heavy (non-hydrogen) atoms. The van der Waals surface area contributed by atoms with Gasteiger partial charge in [0.05, 0.1) is 18.9 Å². The molecule has 2 N–H and O–H groups in total. The van der Waals surface area contributed by atoms with Crippen molar-refractivity contribution >= 4 is 29.1 Å². The number of methoxy groups -OCH3 is 1. The number of aryl methyl sites for hydroxylation is 1. The SMILES string of the molecule is COc1ccccc1CCNC(=O)C1CC1C(=O)Nc1cc(Cl)ccc1C. The average Bonchev–Trinajstić information content (AvgIpc) is 3.46. The first-order chi connectivity index (χ1) is 13.0. The Morgan fingerprint density at radius 3 is 2.67 bits per heavy atom. The lowest BCUT2D eigenvalue weighted by Gasteiger charge is -2.10. The first-order valence-corrected chi connectivity index (χ1v) is 9.34. The molecule has 2 unspecified atom stereocenters. The van der Waals surface area contributed by atoms with Crippen molar-refractivity contribution in [3.05, 3.63) is 58.6 Å². The molecule has 2 aromatic rings. The van der Waals surface area contributed by atoms with Crippen molar-refractivity contribution in [1.29, 1.82) is 0 Å². The maximum Gasteiger partial charge on any atom is 0.228 e. The molecule has 1 saturated carbocycles. The highest BCUT2D eigenvalue weighted by Gasteiger charge is 2.47. The van der Waals surface area contributed by atoms with Gasteiger partial charge in [-0.05, 0) is 49.1 Å². The number of hydrogen-bond donors (Lipinski definition) is 2. The van der Waals surface area contributed by atoms with Crippen molar-refractivity contribution in [2.75, 3.05) is 19.0 Å². The Hall–Kier alpha value is -2.53. The van der Waals surface area contributed by atoms with Crippen LogP contribution in [0.15, 0.2) is 42.5 Å². The number of anilines is 1. The van der Waals surface area contributed by atoms with E-state index in [1.165, 1.54) is 0 Å². The molecule has 0 bridgehead atoms. The lowest BCUT2D eigenvalue weighted by atomic mass is 10.1. The summed E-state index contributed by atoms with van der Waals surface area (Å²) in [5.41, 5.74) is 2.67. The van der Waals surface area contributed by atoms with E-state index in [1.807, 2.05) is 37.3 Å². The summed E-state index contributed by atoms with van der Waals surface area (Å²) in [7, 11) is 1.63. The lowest BCUT2D eigenvalue weighted by molar-refractivity contribution is -0.125. The molecule has 1 aliphatic carbocycles. The maximum absolute atomic E-state index is 12.4. The number of amides is 2. The Kier molecular flexibility index (Phi) is 6.01. The number of halogens is 1. The minimum Gasteiger partial charge on any atom is -0.496 e. The van der Waals surface area contributed by atoms with Crippen molar-refractivity contribution in [3.8, 4) is 5.75 Å². The highest BCUT2D eigenvalue weighted by molar-refractivity contribution is 6.31. The molecule has 0 radical (unpaired) electrons. The first kappa shape index (κ1) is 19.2. The van der Waals surface area contributed by atoms with Crippen molar-refractivity contribution in [2.45, 2.75) is 19.8 Å². The van der Waals surface area contributed by atoms with Gasteiger partial charge in [0.25, 0.3) is 0 Å². The van der Waals surface area contributed by atoms with Crippen LogP contribution < -0.4 is 15.4 Å². The number of rotatable bonds is 7. The third kappa shape index (κ3) is 4.80. The number of benzene rings is 2. The number of para-hydroxylation sites is 1. The fourth-order valence-electron chi connectivity index (χ4n) is 3.09. The molecule has 0 heterocycles. The van der Waals surface area contributed by atoms with Gasteiger partial charge in [-0.1, -0.05) is 35.9 Å². The van der Waals surface area contributed by atoms with Crippen LogP contribution in [0.25, 0.3) is 0 Å². The van der Waals surface area contributed by atoms with E-state index in [1.54, 1.807) is 19.2 Å². The lowest BCUT2D eigenvalue weighted by Crippen LogP contribution is -2.29. The molecular weight excluding hydrogens is 364 g/mol. The van der Waals surface area contributed by atoms with E-state index >= 15 is 0 Å². The largest absolute Gasteiger partial charge is 0.496 e. The zero-order valence-corrected chi connectivity index (χ0v) is 16.2. The zero-order chi connectivity index (χ0) is 19.4. The van der Waals surface area contributed by atoms with Crippen LogP contribution in [0.3, 0.4) is 0 Å². The van der Waals surface area contributed by atoms with Crippen LogP contribution in [-0.4, -0.2) is 25.5 Å². The average molecular weight is 387 g/mol. The number of nitrogens with one attached hydrogen (secondary N) is 2. The smallest absolute Gasteiger partial charge is 0.228 e. The molecule has 0 saturated heterocycles. The van der Waals surface area contributed by atoms with Crippen molar-refractivity contribution in [2.24, 2.45) is 11.8 Å². The Morgan fingerprint density at radius 1 is 1.15 bits per heavy atom. The molecule has 2 atom stereocenters. The fraction of sp³-hybridized carbons (Fsp3) is 0.333. The van der Waals surface area contributed by atoms with Gasteiger partial charge in [0.15, 0.2) is 0 Å². The van der Waals surface area contributed by atoms with Crippen molar-refractivity contribution in [1.82, 2.24) is 5.32 Å². The third-order valence-electron chi connectivity index (χ3n) is 4.81. The van der Waals surface area contributed by atoms with E-state index in [0.717, 1.165) is 16.9 Å². The monoisotopic (exact) mass is 386 g/mol. The normalized spacial score (nSPS) is 17.9. The number of ether oxygens (including phenoxy) is 1. The van der Waals surface area contributed by atoms with Gasteiger partial charge in [0.2, 0.25) is 11.8 Å². The summed E-state index contributed by atoms with van der Waals surface area (Å²) >= 11 is 5.98. The first-order valence-electron chi connectivity index (χ1n) is 8.96.